The number of aryl methyl sites for hydroxylation is 2. The first-order valence-electron chi connectivity index (χ1n) is 9.04. The number of hydrogen-bond donors (Lipinski definition) is 1. The zero-order valence-electron chi connectivity index (χ0n) is 15.7. The Morgan fingerprint density at radius 1 is 0.929 bits per heavy atom. The van der Waals surface area contributed by atoms with Crippen molar-refractivity contribution in [2.24, 2.45) is 0 Å². The molecule has 4 nitrogen and oxygen atoms in total. The van der Waals surface area contributed by atoms with Crippen molar-refractivity contribution in [3.63, 3.8) is 0 Å². The Morgan fingerprint density at radius 3 is 2.29 bits per heavy atom. The topological polar surface area (TPSA) is 51.2 Å². The van der Waals surface area contributed by atoms with Crippen LogP contribution in [0.25, 0.3) is 21.3 Å². The number of thiazole rings is 1. The number of anilines is 1. The molecule has 0 atom stereocenters. The minimum atomic E-state index is -0.224. The van der Waals surface area contributed by atoms with Gasteiger partial charge in [0.2, 0.25) is 0 Å². The number of carbonyl (C=O) groups excluding carboxylic acids is 1. The number of nitrogens with one attached hydrogen (secondary N) is 1. The Balaban J connectivity index is 1.35. The van der Waals surface area contributed by atoms with Crippen molar-refractivity contribution in [3.05, 3.63) is 77.9 Å². The first-order chi connectivity index (χ1) is 13.6. The fourth-order valence-corrected chi connectivity index (χ4v) is 3.86. The molecule has 1 amide bonds. The lowest BCUT2D eigenvalue weighted by Crippen LogP contribution is -2.19. The van der Waals surface area contributed by atoms with Gasteiger partial charge in [-0.25, -0.2) is 4.98 Å². The fourth-order valence-electron chi connectivity index (χ4n) is 2.88. The SMILES string of the molecule is Cc1ccc(-c2ccc(OCC(=O)Nc3nc4ccc(C)cc4s3)cc2)cc1. The standard InChI is InChI=1S/C23H20N2O2S/c1-15-3-6-17(7-4-15)18-8-10-19(11-9-18)27-14-22(26)25-23-24-20-12-5-16(2)13-21(20)28-23/h3-13H,14H2,1-2H3,(H,24,25,26). The zero-order valence-corrected chi connectivity index (χ0v) is 16.5. The van der Waals surface area contributed by atoms with Crippen molar-refractivity contribution in [3.8, 4) is 16.9 Å². The van der Waals surface area contributed by atoms with Crippen LogP contribution in [-0.2, 0) is 4.79 Å². The first kappa shape index (κ1) is 18.2. The first-order valence-corrected chi connectivity index (χ1v) is 9.85. The minimum absolute atomic E-state index is 0.0567. The maximum Gasteiger partial charge on any atom is 0.264 e. The van der Waals surface area contributed by atoms with Gasteiger partial charge >= 0.3 is 0 Å². The van der Waals surface area contributed by atoms with E-state index in [9.17, 15) is 4.79 Å². The molecule has 140 valence electrons. The van der Waals surface area contributed by atoms with Gasteiger partial charge in [-0.1, -0.05) is 59.4 Å². The highest BCUT2D eigenvalue weighted by Gasteiger charge is 2.09. The quantitative estimate of drug-likeness (QED) is 0.484. The predicted molar refractivity (Wildman–Crippen MR) is 115 cm³/mol. The molecule has 0 aliphatic carbocycles. The molecule has 0 aliphatic heterocycles. The molecular formula is C23H20N2O2S. The van der Waals surface area contributed by atoms with Gasteiger partial charge in [-0.2, -0.15) is 0 Å². The van der Waals surface area contributed by atoms with Gasteiger partial charge < -0.3 is 4.74 Å². The predicted octanol–water partition coefficient (Wildman–Crippen LogP) is 5.60. The van der Waals surface area contributed by atoms with Crippen LogP contribution in [0.4, 0.5) is 5.13 Å². The van der Waals surface area contributed by atoms with Crippen LogP contribution in [0.15, 0.2) is 66.7 Å². The molecule has 0 saturated carbocycles. The summed E-state index contributed by atoms with van der Waals surface area (Å²) >= 11 is 1.46. The molecule has 0 bridgehead atoms. The van der Waals surface area contributed by atoms with Gasteiger partial charge in [0.1, 0.15) is 5.75 Å². The number of benzene rings is 3. The molecule has 0 radical (unpaired) electrons. The van der Waals surface area contributed by atoms with E-state index in [0.29, 0.717) is 10.9 Å². The molecule has 0 spiro atoms. The van der Waals surface area contributed by atoms with E-state index in [1.54, 1.807) is 0 Å². The Kier molecular flexibility index (Phi) is 5.08. The van der Waals surface area contributed by atoms with Crippen LogP contribution < -0.4 is 10.1 Å². The van der Waals surface area contributed by atoms with Crippen LogP contribution >= 0.6 is 11.3 Å². The summed E-state index contributed by atoms with van der Waals surface area (Å²) in [6.07, 6.45) is 0. The highest BCUT2D eigenvalue weighted by Crippen LogP contribution is 2.27. The third-order valence-electron chi connectivity index (χ3n) is 4.40. The summed E-state index contributed by atoms with van der Waals surface area (Å²) in [7, 11) is 0. The number of rotatable bonds is 5. The number of carbonyl (C=O) groups is 1. The average molecular weight is 388 g/mol. The van der Waals surface area contributed by atoms with Crippen LogP contribution in [0.3, 0.4) is 0 Å². The van der Waals surface area contributed by atoms with E-state index in [-0.39, 0.29) is 12.5 Å². The molecule has 5 heteroatoms. The lowest BCUT2D eigenvalue weighted by atomic mass is 10.0. The summed E-state index contributed by atoms with van der Waals surface area (Å²) in [5.41, 5.74) is 5.56. The largest absolute Gasteiger partial charge is 0.484 e. The molecule has 1 aromatic heterocycles. The maximum atomic E-state index is 12.2. The van der Waals surface area contributed by atoms with Gasteiger partial charge in [0.25, 0.3) is 5.91 Å². The van der Waals surface area contributed by atoms with Crippen LogP contribution in [0.5, 0.6) is 5.75 Å². The molecule has 4 aromatic rings. The van der Waals surface area contributed by atoms with Gasteiger partial charge in [0.15, 0.2) is 11.7 Å². The van der Waals surface area contributed by atoms with Gasteiger partial charge in [0, 0.05) is 0 Å². The lowest BCUT2D eigenvalue weighted by molar-refractivity contribution is -0.118. The lowest BCUT2D eigenvalue weighted by Gasteiger charge is -2.07. The summed E-state index contributed by atoms with van der Waals surface area (Å²) in [6.45, 7) is 4.05. The molecular weight excluding hydrogens is 368 g/mol. The highest BCUT2D eigenvalue weighted by atomic mass is 32.1. The molecule has 0 saturated heterocycles. The number of fused-ring (bicyclic) bond motifs is 1. The smallest absolute Gasteiger partial charge is 0.264 e. The normalized spacial score (nSPS) is 10.8. The Bertz CT molecular complexity index is 1120. The monoisotopic (exact) mass is 388 g/mol. The van der Waals surface area contributed by atoms with E-state index < -0.39 is 0 Å². The fraction of sp³-hybridized carbons (Fsp3) is 0.130. The van der Waals surface area contributed by atoms with Gasteiger partial charge in [-0.05, 0) is 54.8 Å². The summed E-state index contributed by atoms with van der Waals surface area (Å²) in [5.74, 6) is 0.435. The zero-order chi connectivity index (χ0) is 19.5. The second kappa shape index (κ2) is 7.82. The minimum Gasteiger partial charge on any atom is -0.484 e. The van der Waals surface area contributed by atoms with Crippen LogP contribution in [0.1, 0.15) is 11.1 Å². The van der Waals surface area contributed by atoms with Gasteiger partial charge in [-0.15, -0.1) is 0 Å². The van der Waals surface area contributed by atoms with Crippen molar-refractivity contribution < 1.29 is 9.53 Å². The van der Waals surface area contributed by atoms with Crippen molar-refractivity contribution in [2.45, 2.75) is 13.8 Å². The van der Waals surface area contributed by atoms with Gasteiger partial charge in [-0.3, -0.25) is 10.1 Å². The summed E-state index contributed by atoms with van der Waals surface area (Å²) < 4.78 is 6.67. The number of nitrogens with zero attached hydrogens (tertiary/aromatic N) is 1. The second-order valence-corrected chi connectivity index (χ2v) is 7.75. The Hall–Kier alpha value is -3.18. The van der Waals surface area contributed by atoms with Crippen LogP contribution in [0, 0.1) is 13.8 Å². The third kappa shape index (κ3) is 4.21. The van der Waals surface area contributed by atoms with Crippen LogP contribution in [-0.4, -0.2) is 17.5 Å². The Labute approximate surface area is 167 Å². The summed E-state index contributed by atoms with van der Waals surface area (Å²) in [4.78, 5) is 16.6. The third-order valence-corrected chi connectivity index (χ3v) is 5.33. The van der Waals surface area contributed by atoms with E-state index in [0.717, 1.165) is 21.3 Å². The van der Waals surface area contributed by atoms with Crippen LogP contribution in [0.2, 0.25) is 0 Å². The summed E-state index contributed by atoms with van der Waals surface area (Å²) in [6, 6.07) is 22.2. The number of amides is 1. The van der Waals surface area contributed by atoms with E-state index in [1.165, 1.54) is 22.5 Å². The van der Waals surface area contributed by atoms with E-state index >= 15 is 0 Å². The molecule has 3 aromatic carbocycles. The number of aromatic nitrogens is 1. The van der Waals surface area contributed by atoms with Crippen molar-refractivity contribution in [2.75, 3.05) is 11.9 Å². The number of hydrogen-bond acceptors (Lipinski definition) is 4. The van der Waals surface area contributed by atoms with E-state index in [1.807, 2.05) is 43.3 Å². The molecule has 0 unspecified atom stereocenters. The second-order valence-electron chi connectivity index (χ2n) is 6.72. The maximum absolute atomic E-state index is 12.2. The van der Waals surface area contributed by atoms with Crippen molar-refractivity contribution in [1.29, 1.82) is 0 Å². The molecule has 0 fully saturated rings. The molecule has 28 heavy (non-hydrogen) atoms. The highest BCUT2D eigenvalue weighted by molar-refractivity contribution is 7.22. The van der Waals surface area contributed by atoms with Crippen molar-refractivity contribution >= 4 is 32.6 Å². The molecule has 4 rings (SSSR count). The average Bonchev–Trinajstić information content (AvgIpc) is 3.08. The molecule has 1 N–H and O–H groups in total. The van der Waals surface area contributed by atoms with E-state index in [4.69, 9.17) is 4.74 Å². The van der Waals surface area contributed by atoms with Crippen molar-refractivity contribution in [1.82, 2.24) is 4.98 Å². The Morgan fingerprint density at radius 2 is 1.57 bits per heavy atom. The molecule has 0 aliphatic rings. The molecule has 1 heterocycles. The summed E-state index contributed by atoms with van der Waals surface area (Å²) in [5, 5.41) is 3.39. The number of ether oxygens (including phenoxy) is 1. The van der Waals surface area contributed by atoms with Gasteiger partial charge in [0.05, 0.1) is 10.2 Å². The van der Waals surface area contributed by atoms with E-state index in [2.05, 4.69) is 47.6 Å².